The number of unbranched alkanes of at least 4 members (excludes halogenated alkanes) is 4. The van der Waals surface area contributed by atoms with E-state index in [1.165, 1.54) is 51.4 Å². The highest BCUT2D eigenvalue weighted by Crippen LogP contribution is 2.13. The van der Waals surface area contributed by atoms with Crippen LogP contribution in [-0.4, -0.2) is 0 Å². The van der Waals surface area contributed by atoms with Crippen molar-refractivity contribution in [2.24, 2.45) is 5.92 Å². The van der Waals surface area contributed by atoms with E-state index in [0.717, 1.165) is 5.92 Å². The lowest BCUT2D eigenvalue weighted by Gasteiger charge is -2.06. The highest BCUT2D eigenvalue weighted by Gasteiger charge is 1.98. The molecular formula is C14H28. The van der Waals surface area contributed by atoms with Gasteiger partial charge in [-0.15, -0.1) is 0 Å². The topological polar surface area (TPSA) is 0 Å². The largest absolute Gasteiger partial charge is 0.0883 e. The summed E-state index contributed by atoms with van der Waals surface area (Å²) in [7, 11) is 0. The van der Waals surface area contributed by atoms with E-state index in [4.69, 9.17) is 0 Å². The summed E-state index contributed by atoms with van der Waals surface area (Å²) in [5.74, 6) is 0.839. The minimum absolute atomic E-state index is 0.839. The summed E-state index contributed by atoms with van der Waals surface area (Å²) < 4.78 is 0. The molecule has 0 fully saturated rings. The summed E-state index contributed by atoms with van der Waals surface area (Å²) in [5.41, 5.74) is 0. The third-order valence-electron chi connectivity index (χ3n) is 2.82. The lowest BCUT2D eigenvalue weighted by atomic mass is 9.99. The SMILES string of the molecule is CCCCCC/C=C/C(CC)CCC. The fourth-order valence-electron chi connectivity index (χ4n) is 1.78. The van der Waals surface area contributed by atoms with Gasteiger partial charge in [0.2, 0.25) is 0 Å². The molecular weight excluding hydrogens is 168 g/mol. The van der Waals surface area contributed by atoms with E-state index in [0.29, 0.717) is 0 Å². The summed E-state index contributed by atoms with van der Waals surface area (Å²) in [4.78, 5) is 0. The summed E-state index contributed by atoms with van der Waals surface area (Å²) >= 11 is 0. The third kappa shape index (κ3) is 8.34. The van der Waals surface area contributed by atoms with Gasteiger partial charge in [-0.05, 0) is 31.6 Å². The molecule has 0 bridgehead atoms. The standard InChI is InChI=1S/C14H28/c1-4-7-8-9-10-11-13-14(6-3)12-5-2/h11,13-14H,4-10,12H2,1-3H3/b13-11+. The van der Waals surface area contributed by atoms with Gasteiger partial charge in [0.25, 0.3) is 0 Å². The average molecular weight is 196 g/mol. The van der Waals surface area contributed by atoms with Crippen molar-refractivity contribution >= 4 is 0 Å². The van der Waals surface area contributed by atoms with Crippen LogP contribution in [0.1, 0.15) is 72.1 Å². The molecule has 0 aromatic heterocycles. The van der Waals surface area contributed by atoms with E-state index >= 15 is 0 Å². The fourth-order valence-corrected chi connectivity index (χ4v) is 1.78. The smallest absolute Gasteiger partial charge is 0.0236 e. The van der Waals surface area contributed by atoms with Crippen LogP contribution in [0.4, 0.5) is 0 Å². The van der Waals surface area contributed by atoms with Crippen LogP contribution in [0.5, 0.6) is 0 Å². The molecule has 0 N–H and O–H groups in total. The maximum absolute atomic E-state index is 2.44. The molecule has 0 spiro atoms. The zero-order chi connectivity index (χ0) is 10.6. The van der Waals surface area contributed by atoms with E-state index in [1.807, 2.05) is 0 Å². The van der Waals surface area contributed by atoms with Crippen LogP contribution < -0.4 is 0 Å². The zero-order valence-electron chi connectivity index (χ0n) is 10.4. The lowest BCUT2D eigenvalue weighted by molar-refractivity contribution is 0.560. The van der Waals surface area contributed by atoms with Gasteiger partial charge in [-0.2, -0.15) is 0 Å². The first kappa shape index (κ1) is 13.7. The molecule has 0 nitrogen and oxygen atoms in total. The van der Waals surface area contributed by atoms with Crippen LogP contribution in [0.2, 0.25) is 0 Å². The molecule has 84 valence electrons. The minimum Gasteiger partial charge on any atom is -0.0883 e. The van der Waals surface area contributed by atoms with E-state index < -0.39 is 0 Å². The van der Waals surface area contributed by atoms with Crippen molar-refractivity contribution in [1.29, 1.82) is 0 Å². The van der Waals surface area contributed by atoms with E-state index in [1.54, 1.807) is 0 Å². The first-order chi connectivity index (χ1) is 6.85. The van der Waals surface area contributed by atoms with Crippen LogP contribution in [-0.2, 0) is 0 Å². The van der Waals surface area contributed by atoms with Gasteiger partial charge in [0.05, 0.1) is 0 Å². The Bertz CT molecular complexity index is 124. The van der Waals surface area contributed by atoms with Crippen molar-refractivity contribution in [2.45, 2.75) is 72.1 Å². The highest BCUT2D eigenvalue weighted by molar-refractivity contribution is 4.87. The Kier molecular flexibility index (Phi) is 10.6. The number of allylic oxidation sites excluding steroid dienone is 2. The molecule has 0 heteroatoms. The highest BCUT2D eigenvalue weighted by atomic mass is 14.0. The van der Waals surface area contributed by atoms with Crippen LogP contribution >= 0.6 is 0 Å². The van der Waals surface area contributed by atoms with Crippen molar-refractivity contribution in [1.82, 2.24) is 0 Å². The Hall–Kier alpha value is -0.260. The predicted octanol–water partition coefficient (Wildman–Crippen LogP) is 5.34. The summed E-state index contributed by atoms with van der Waals surface area (Å²) in [6, 6.07) is 0. The third-order valence-corrected chi connectivity index (χ3v) is 2.82. The molecule has 0 aliphatic heterocycles. The molecule has 1 unspecified atom stereocenters. The van der Waals surface area contributed by atoms with E-state index in [2.05, 4.69) is 32.9 Å². The van der Waals surface area contributed by atoms with Gasteiger partial charge in [0, 0.05) is 0 Å². The number of rotatable bonds is 9. The maximum atomic E-state index is 2.44. The van der Waals surface area contributed by atoms with Crippen LogP contribution in [0.25, 0.3) is 0 Å². The molecule has 0 aliphatic rings. The van der Waals surface area contributed by atoms with Crippen molar-refractivity contribution in [3.63, 3.8) is 0 Å². The van der Waals surface area contributed by atoms with Gasteiger partial charge >= 0.3 is 0 Å². The molecule has 0 saturated carbocycles. The Morgan fingerprint density at radius 2 is 1.71 bits per heavy atom. The predicted molar refractivity (Wildman–Crippen MR) is 66.6 cm³/mol. The Morgan fingerprint density at radius 1 is 0.929 bits per heavy atom. The second kappa shape index (κ2) is 10.8. The van der Waals surface area contributed by atoms with Gasteiger partial charge in [-0.3, -0.25) is 0 Å². The first-order valence-electron chi connectivity index (χ1n) is 6.51. The van der Waals surface area contributed by atoms with Crippen LogP contribution in [0.3, 0.4) is 0 Å². The normalized spacial score (nSPS) is 13.6. The Balaban J connectivity index is 3.38. The van der Waals surface area contributed by atoms with Crippen LogP contribution in [0.15, 0.2) is 12.2 Å². The molecule has 1 atom stereocenters. The quantitative estimate of drug-likeness (QED) is 0.345. The average Bonchev–Trinajstić information content (AvgIpc) is 2.21. The zero-order valence-corrected chi connectivity index (χ0v) is 10.4. The van der Waals surface area contributed by atoms with Crippen molar-refractivity contribution in [2.75, 3.05) is 0 Å². The number of hydrogen-bond donors (Lipinski definition) is 0. The molecule has 0 rings (SSSR count). The van der Waals surface area contributed by atoms with Gasteiger partial charge in [-0.1, -0.05) is 58.6 Å². The summed E-state index contributed by atoms with van der Waals surface area (Å²) in [6.45, 7) is 6.84. The van der Waals surface area contributed by atoms with Crippen LogP contribution in [0, 0.1) is 5.92 Å². The second-order valence-corrected chi connectivity index (χ2v) is 4.23. The molecule has 0 amide bonds. The molecule has 0 heterocycles. The Labute approximate surface area is 90.8 Å². The summed E-state index contributed by atoms with van der Waals surface area (Å²) in [6.07, 6.45) is 15.7. The van der Waals surface area contributed by atoms with Gasteiger partial charge in [0.1, 0.15) is 0 Å². The summed E-state index contributed by atoms with van der Waals surface area (Å²) in [5, 5.41) is 0. The van der Waals surface area contributed by atoms with Gasteiger partial charge < -0.3 is 0 Å². The van der Waals surface area contributed by atoms with E-state index in [-0.39, 0.29) is 0 Å². The molecule has 0 aliphatic carbocycles. The van der Waals surface area contributed by atoms with Crippen molar-refractivity contribution < 1.29 is 0 Å². The fraction of sp³-hybridized carbons (Fsp3) is 0.857. The second-order valence-electron chi connectivity index (χ2n) is 4.23. The van der Waals surface area contributed by atoms with Gasteiger partial charge in [0.15, 0.2) is 0 Å². The Morgan fingerprint density at radius 3 is 2.29 bits per heavy atom. The molecule has 14 heavy (non-hydrogen) atoms. The monoisotopic (exact) mass is 196 g/mol. The molecule has 0 saturated heterocycles. The van der Waals surface area contributed by atoms with Crippen molar-refractivity contribution in [3.8, 4) is 0 Å². The van der Waals surface area contributed by atoms with E-state index in [9.17, 15) is 0 Å². The van der Waals surface area contributed by atoms with Gasteiger partial charge in [-0.25, -0.2) is 0 Å². The van der Waals surface area contributed by atoms with Crippen molar-refractivity contribution in [3.05, 3.63) is 12.2 Å². The minimum atomic E-state index is 0.839. The number of hydrogen-bond acceptors (Lipinski definition) is 0. The molecule has 0 aromatic carbocycles. The first-order valence-corrected chi connectivity index (χ1v) is 6.51. The lowest BCUT2D eigenvalue weighted by Crippen LogP contribution is -1.92. The maximum Gasteiger partial charge on any atom is -0.0236 e. The molecule has 0 aromatic rings. The molecule has 0 radical (unpaired) electrons.